The van der Waals surface area contributed by atoms with Crippen molar-refractivity contribution in [2.24, 2.45) is 0 Å². The third-order valence-corrected chi connectivity index (χ3v) is 4.14. The van der Waals surface area contributed by atoms with Gasteiger partial charge in [-0.2, -0.15) is 13.2 Å². The number of aryl methyl sites for hydroxylation is 1. The van der Waals surface area contributed by atoms with E-state index in [4.69, 9.17) is 0 Å². The predicted octanol–water partition coefficient (Wildman–Crippen LogP) is 4.16. The summed E-state index contributed by atoms with van der Waals surface area (Å²) in [6.07, 6.45) is -2.75. The monoisotopic (exact) mass is 362 g/mol. The first kappa shape index (κ1) is 18.0. The number of alkyl halides is 3. The molecule has 0 atom stereocenters. The Kier molecular flexibility index (Phi) is 4.71. The predicted molar refractivity (Wildman–Crippen MR) is 91.1 cm³/mol. The summed E-state index contributed by atoms with van der Waals surface area (Å²) in [6.45, 7) is 1.70. The molecule has 0 aromatic heterocycles. The molecule has 0 radical (unpaired) electrons. The molecular weight excluding hydrogens is 345 g/mol. The minimum atomic E-state index is -4.63. The number of amides is 2. The largest absolute Gasteiger partial charge is 0.417 e. The van der Waals surface area contributed by atoms with Gasteiger partial charge in [-0.05, 0) is 49.6 Å². The number of carbonyl (C=O) groups is 2. The van der Waals surface area contributed by atoms with Gasteiger partial charge < -0.3 is 10.6 Å². The molecule has 0 spiro atoms. The molecule has 7 heteroatoms. The van der Waals surface area contributed by atoms with Crippen LogP contribution in [0.3, 0.4) is 0 Å². The molecule has 2 aromatic carbocycles. The van der Waals surface area contributed by atoms with Crippen LogP contribution in [0.25, 0.3) is 0 Å². The highest BCUT2D eigenvalue weighted by Crippen LogP contribution is 2.32. The molecule has 0 saturated heterocycles. The molecule has 3 rings (SSSR count). The van der Waals surface area contributed by atoms with E-state index in [0.29, 0.717) is 16.8 Å². The zero-order chi connectivity index (χ0) is 18.9. The summed E-state index contributed by atoms with van der Waals surface area (Å²) in [5.74, 6) is -1.14. The highest BCUT2D eigenvalue weighted by Gasteiger charge is 2.35. The van der Waals surface area contributed by atoms with Crippen molar-refractivity contribution in [3.05, 3.63) is 64.7 Å². The van der Waals surface area contributed by atoms with Crippen LogP contribution in [0.1, 0.15) is 44.7 Å². The van der Waals surface area contributed by atoms with Crippen LogP contribution >= 0.6 is 0 Å². The Bertz CT molecular complexity index is 858. The van der Waals surface area contributed by atoms with E-state index in [2.05, 4.69) is 10.6 Å². The lowest BCUT2D eigenvalue weighted by atomic mass is 10.1. The van der Waals surface area contributed by atoms with Gasteiger partial charge in [-0.1, -0.05) is 18.2 Å². The van der Waals surface area contributed by atoms with Crippen LogP contribution in [0.15, 0.2) is 42.5 Å². The van der Waals surface area contributed by atoms with Crippen molar-refractivity contribution >= 4 is 17.5 Å². The molecule has 1 saturated carbocycles. The van der Waals surface area contributed by atoms with Gasteiger partial charge in [0.15, 0.2) is 0 Å². The number of benzene rings is 2. The Morgan fingerprint density at radius 1 is 1.04 bits per heavy atom. The van der Waals surface area contributed by atoms with E-state index < -0.39 is 23.2 Å². The molecule has 0 bridgehead atoms. The lowest BCUT2D eigenvalue weighted by Crippen LogP contribution is -2.25. The van der Waals surface area contributed by atoms with Gasteiger partial charge in [0.1, 0.15) is 0 Å². The van der Waals surface area contributed by atoms with Crippen molar-refractivity contribution in [2.45, 2.75) is 32.0 Å². The van der Waals surface area contributed by atoms with Gasteiger partial charge in [-0.3, -0.25) is 9.59 Å². The number of anilines is 1. The highest BCUT2D eigenvalue weighted by atomic mass is 19.4. The number of halogens is 3. The van der Waals surface area contributed by atoms with Crippen LogP contribution in [0, 0.1) is 6.92 Å². The van der Waals surface area contributed by atoms with Crippen molar-refractivity contribution < 1.29 is 22.8 Å². The summed E-state index contributed by atoms with van der Waals surface area (Å²) < 4.78 is 39.3. The van der Waals surface area contributed by atoms with Gasteiger partial charge >= 0.3 is 6.18 Å². The van der Waals surface area contributed by atoms with E-state index in [1.54, 1.807) is 19.1 Å². The van der Waals surface area contributed by atoms with Crippen LogP contribution in [0.2, 0.25) is 0 Å². The molecule has 2 N–H and O–H groups in total. The Hall–Kier alpha value is -2.83. The molecule has 1 aliphatic carbocycles. The highest BCUT2D eigenvalue weighted by molar-refractivity contribution is 6.06. The average Bonchev–Trinajstić information content (AvgIpc) is 3.40. The van der Waals surface area contributed by atoms with Crippen molar-refractivity contribution in [2.75, 3.05) is 5.32 Å². The minimum absolute atomic E-state index is 0.181. The van der Waals surface area contributed by atoms with Gasteiger partial charge in [-0.25, -0.2) is 0 Å². The number of hydrogen-bond acceptors (Lipinski definition) is 2. The number of carbonyl (C=O) groups excluding carboxylic acids is 2. The number of nitrogens with one attached hydrogen (secondary N) is 2. The smallest absolute Gasteiger partial charge is 0.349 e. The minimum Gasteiger partial charge on any atom is -0.349 e. The maximum Gasteiger partial charge on any atom is 0.417 e. The first-order valence-electron chi connectivity index (χ1n) is 8.15. The Labute approximate surface area is 148 Å². The third kappa shape index (κ3) is 4.04. The Morgan fingerprint density at radius 3 is 2.38 bits per heavy atom. The molecule has 1 fully saturated rings. The standard InChI is InChI=1S/C19H17F3N2O2/c1-11-6-7-12(17(25)23-13-8-9-13)10-16(11)24-18(26)14-4-2-3-5-15(14)19(20,21)22/h2-7,10,13H,8-9H2,1H3,(H,23,25)(H,24,26). The van der Waals surface area contributed by atoms with Crippen LogP contribution in [-0.4, -0.2) is 17.9 Å². The second-order valence-electron chi connectivity index (χ2n) is 6.27. The van der Waals surface area contributed by atoms with E-state index in [9.17, 15) is 22.8 Å². The zero-order valence-electron chi connectivity index (χ0n) is 14.0. The topological polar surface area (TPSA) is 58.2 Å². The zero-order valence-corrected chi connectivity index (χ0v) is 14.0. The number of hydrogen-bond donors (Lipinski definition) is 2. The van der Waals surface area contributed by atoms with Gasteiger partial charge in [0, 0.05) is 17.3 Å². The maximum atomic E-state index is 13.1. The van der Waals surface area contributed by atoms with Crippen LogP contribution in [-0.2, 0) is 6.18 Å². The second-order valence-corrected chi connectivity index (χ2v) is 6.27. The third-order valence-electron chi connectivity index (χ3n) is 4.14. The molecule has 0 aliphatic heterocycles. The molecule has 1 aliphatic rings. The molecule has 2 aromatic rings. The fourth-order valence-electron chi connectivity index (χ4n) is 2.51. The first-order chi connectivity index (χ1) is 12.3. The lowest BCUT2D eigenvalue weighted by Gasteiger charge is -2.14. The van der Waals surface area contributed by atoms with Crippen LogP contribution in [0.4, 0.5) is 18.9 Å². The van der Waals surface area contributed by atoms with E-state index in [0.717, 1.165) is 25.0 Å². The summed E-state index contributed by atoms with van der Waals surface area (Å²) in [5.41, 5.74) is -0.173. The van der Waals surface area contributed by atoms with E-state index >= 15 is 0 Å². The van der Waals surface area contributed by atoms with Crippen molar-refractivity contribution in [1.29, 1.82) is 0 Å². The summed E-state index contributed by atoms with van der Waals surface area (Å²) in [6, 6.07) is 9.50. The molecule has 2 amide bonds. The van der Waals surface area contributed by atoms with E-state index in [-0.39, 0.29) is 11.9 Å². The summed E-state index contributed by atoms with van der Waals surface area (Å²) in [7, 11) is 0. The Balaban J connectivity index is 1.84. The molecular formula is C19H17F3N2O2. The van der Waals surface area contributed by atoms with Gasteiger partial charge in [0.2, 0.25) is 0 Å². The molecule has 136 valence electrons. The van der Waals surface area contributed by atoms with Gasteiger partial charge in [-0.15, -0.1) is 0 Å². The van der Waals surface area contributed by atoms with Crippen molar-refractivity contribution in [3.63, 3.8) is 0 Å². The van der Waals surface area contributed by atoms with Crippen LogP contribution < -0.4 is 10.6 Å². The van der Waals surface area contributed by atoms with E-state index in [1.807, 2.05) is 0 Å². The summed E-state index contributed by atoms with van der Waals surface area (Å²) in [5, 5.41) is 5.31. The van der Waals surface area contributed by atoms with Crippen molar-refractivity contribution in [3.8, 4) is 0 Å². The van der Waals surface area contributed by atoms with E-state index in [1.165, 1.54) is 18.2 Å². The normalized spacial score (nSPS) is 14.0. The summed E-state index contributed by atoms with van der Waals surface area (Å²) >= 11 is 0. The molecule has 26 heavy (non-hydrogen) atoms. The fourth-order valence-corrected chi connectivity index (χ4v) is 2.51. The SMILES string of the molecule is Cc1ccc(C(=O)NC2CC2)cc1NC(=O)c1ccccc1C(F)(F)F. The average molecular weight is 362 g/mol. The molecule has 0 heterocycles. The van der Waals surface area contributed by atoms with Crippen molar-refractivity contribution in [1.82, 2.24) is 5.32 Å². The Morgan fingerprint density at radius 2 is 1.73 bits per heavy atom. The summed E-state index contributed by atoms with van der Waals surface area (Å²) in [4.78, 5) is 24.5. The van der Waals surface area contributed by atoms with Crippen LogP contribution in [0.5, 0.6) is 0 Å². The molecule has 4 nitrogen and oxygen atoms in total. The maximum absolute atomic E-state index is 13.1. The number of rotatable bonds is 4. The molecule has 0 unspecified atom stereocenters. The lowest BCUT2D eigenvalue weighted by molar-refractivity contribution is -0.137. The van der Waals surface area contributed by atoms with Gasteiger partial charge in [0.25, 0.3) is 11.8 Å². The second kappa shape index (κ2) is 6.82. The van der Waals surface area contributed by atoms with Gasteiger partial charge in [0.05, 0.1) is 11.1 Å². The quantitative estimate of drug-likeness (QED) is 0.858. The first-order valence-corrected chi connectivity index (χ1v) is 8.15. The fraction of sp³-hybridized carbons (Fsp3) is 0.263.